The smallest absolute Gasteiger partial charge is 0.230 e. The first-order chi connectivity index (χ1) is 12.6. The number of hydrogen-bond donors (Lipinski definition) is 0. The van der Waals surface area contributed by atoms with Gasteiger partial charge in [-0.2, -0.15) is 0 Å². The van der Waals surface area contributed by atoms with Crippen LogP contribution in [0.5, 0.6) is 0 Å². The van der Waals surface area contributed by atoms with Crippen LogP contribution in [0.1, 0.15) is 57.8 Å². The number of fused-ring (bicyclic) bond motifs is 1. The van der Waals surface area contributed by atoms with Crippen molar-refractivity contribution in [2.75, 3.05) is 29.9 Å². The number of hydrogen-bond acceptors (Lipinski definition) is 2. The lowest BCUT2D eigenvalue weighted by Gasteiger charge is -2.34. The zero-order valence-electron chi connectivity index (χ0n) is 15.9. The highest BCUT2D eigenvalue weighted by molar-refractivity contribution is 6.31. The van der Waals surface area contributed by atoms with Crippen molar-refractivity contribution in [3.8, 4) is 0 Å². The minimum absolute atomic E-state index is 0.218. The third-order valence-corrected chi connectivity index (χ3v) is 7.12. The van der Waals surface area contributed by atoms with E-state index < -0.39 is 0 Å². The fourth-order valence-electron chi connectivity index (χ4n) is 5.57. The van der Waals surface area contributed by atoms with Crippen LogP contribution in [0, 0.1) is 17.8 Å². The van der Waals surface area contributed by atoms with Gasteiger partial charge in [0.15, 0.2) is 0 Å². The average molecular weight is 375 g/mol. The first-order valence-corrected chi connectivity index (χ1v) is 10.8. The molecule has 2 saturated carbocycles. The molecule has 4 heteroatoms. The highest BCUT2D eigenvalue weighted by Crippen LogP contribution is 2.44. The molecule has 0 N–H and O–H groups in total. The Morgan fingerprint density at radius 2 is 1.58 bits per heavy atom. The number of benzene rings is 1. The molecule has 142 valence electrons. The van der Waals surface area contributed by atoms with Gasteiger partial charge in [0.2, 0.25) is 5.91 Å². The largest absolute Gasteiger partial charge is 0.373 e. The van der Waals surface area contributed by atoms with E-state index in [9.17, 15) is 4.79 Å². The molecule has 2 fully saturated rings. The third-order valence-electron chi connectivity index (χ3n) is 6.88. The fraction of sp³-hybridized carbons (Fsp3) is 0.682. The number of carbonyl (C=O) groups is 1. The van der Waals surface area contributed by atoms with Crippen molar-refractivity contribution in [3.05, 3.63) is 23.2 Å². The third kappa shape index (κ3) is 3.47. The molecular weight excluding hydrogens is 344 g/mol. The van der Waals surface area contributed by atoms with Crippen LogP contribution in [-0.4, -0.2) is 26.0 Å². The zero-order chi connectivity index (χ0) is 18.1. The number of anilines is 2. The van der Waals surface area contributed by atoms with Gasteiger partial charge in [0, 0.05) is 31.1 Å². The van der Waals surface area contributed by atoms with Gasteiger partial charge >= 0.3 is 0 Å². The van der Waals surface area contributed by atoms with E-state index in [2.05, 4.69) is 22.9 Å². The molecule has 1 heterocycles. The quantitative estimate of drug-likeness (QED) is 0.696. The Bertz CT molecular complexity index is 634. The lowest BCUT2D eigenvalue weighted by atomic mass is 9.78. The molecule has 3 aliphatic rings. The van der Waals surface area contributed by atoms with Crippen molar-refractivity contribution in [2.24, 2.45) is 17.8 Å². The van der Waals surface area contributed by atoms with Crippen molar-refractivity contribution < 1.29 is 4.79 Å². The van der Waals surface area contributed by atoms with E-state index in [-0.39, 0.29) is 5.92 Å². The summed E-state index contributed by atoms with van der Waals surface area (Å²) in [7, 11) is 2.12. The molecule has 1 aromatic rings. The van der Waals surface area contributed by atoms with Crippen molar-refractivity contribution >= 4 is 28.9 Å². The van der Waals surface area contributed by atoms with Crippen LogP contribution in [-0.2, 0) is 4.79 Å². The predicted octanol–water partition coefficient (Wildman–Crippen LogP) is 5.51. The molecule has 0 atom stereocenters. The summed E-state index contributed by atoms with van der Waals surface area (Å²) < 4.78 is 0. The van der Waals surface area contributed by atoms with Crippen LogP contribution >= 0.6 is 11.6 Å². The first-order valence-electron chi connectivity index (χ1n) is 10.5. The SMILES string of the molecule is CN1CCCN(C(=O)C(C2CCCC2)C2CCCC2)c2cc(Cl)ccc21. The maximum Gasteiger partial charge on any atom is 0.230 e. The molecule has 0 saturated heterocycles. The minimum Gasteiger partial charge on any atom is -0.373 e. The molecule has 0 unspecified atom stereocenters. The van der Waals surface area contributed by atoms with Gasteiger partial charge in [0.25, 0.3) is 0 Å². The summed E-state index contributed by atoms with van der Waals surface area (Å²) in [5.41, 5.74) is 2.15. The van der Waals surface area contributed by atoms with Crippen LogP contribution in [0.3, 0.4) is 0 Å². The van der Waals surface area contributed by atoms with E-state index in [1.54, 1.807) is 0 Å². The standard InChI is InChI=1S/C22H31ClN2O/c1-24-13-6-14-25(20-15-18(23)11-12-19(20)24)22(26)21(16-7-2-3-8-16)17-9-4-5-10-17/h11-12,15-17,21H,2-10,13-14H2,1H3. The summed E-state index contributed by atoms with van der Waals surface area (Å²) in [6.07, 6.45) is 11.2. The Hall–Kier alpha value is -1.22. The minimum atomic E-state index is 0.218. The van der Waals surface area contributed by atoms with E-state index in [4.69, 9.17) is 11.6 Å². The van der Waals surface area contributed by atoms with E-state index in [1.165, 1.54) is 51.4 Å². The van der Waals surface area contributed by atoms with Gasteiger partial charge in [-0.3, -0.25) is 4.79 Å². The van der Waals surface area contributed by atoms with E-state index in [0.29, 0.717) is 17.7 Å². The molecule has 0 spiro atoms. The van der Waals surface area contributed by atoms with Crippen LogP contribution < -0.4 is 9.80 Å². The number of nitrogens with zero attached hydrogens (tertiary/aromatic N) is 2. The fourth-order valence-corrected chi connectivity index (χ4v) is 5.74. The molecule has 4 rings (SSSR count). The summed E-state index contributed by atoms with van der Waals surface area (Å²) in [5.74, 6) is 1.78. The van der Waals surface area contributed by atoms with Crippen molar-refractivity contribution in [1.82, 2.24) is 0 Å². The van der Waals surface area contributed by atoms with E-state index in [0.717, 1.165) is 35.9 Å². The van der Waals surface area contributed by atoms with Gasteiger partial charge in [-0.05, 0) is 62.1 Å². The van der Waals surface area contributed by atoms with Gasteiger partial charge in [0.1, 0.15) is 0 Å². The lowest BCUT2D eigenvalue weighted by Crippen LogP contribution is -2.42. The highest BCUT2D eigenvalue weighted by Gasteiger charge is 2.41. The second kappa shape index (κ2) is 7.80. The Balaban J connectivity index is 1.68. The second-order valence-electron chi connectivity index (χ2n) is 8.51. The zero-order valence-corrected chi connectivity index (χ0v) is 16.7. The van der Waals surface area contributed by atoms with Crippen molar-refractivity contribution in [3.63, 3.8) is 0 Å². The van der Waals surface area contributed by atoms with Gasteiger partial charge in [-0.25, -0.2) is 0 Å². The van der Waals surface area contributed by atoms with Gasteiger partial charge in [-0.1, -0.05) is 37.3 Å². The molecule has 26 heavy (non-hydrogen) atoms. The Morgan fingerprint density at radius 3 is 2.19 bits per heavy atom. The highest BCUT2D eigenvalue weighted by atomic mass is 35.5. The average Bonchev–Trinajstić information content (AvgIpc) is 3.31. The summed E-state index contributed by atoms with van der Waals surface area (Å²) in [5, 5.41) is 0.718. The molecule has 0 aromatic heterocycles. The Kier molecular flexibility index (Phi) is 5.45. The van der Waals surface area contributed by atoms with Crippen molar-refractivity contribution in [2.45, 2.75) is 57.8 Å². The van der Waals surface area contributed by atoms with Crippen LogP contribution in [0.25, 0.3) is 0 Å². The lowest BCUT2D eigenvalue weighted by molar-refractivity contribution is -0.126. The maximum atomic E-state index is 13.9. The first kappa shape index (κ1) is 18.2. The molecule has 0 radical (unpaired) electrons. The predicted molar refractivity (Wildman–Crippen MR) is 109 cm³/mol. The molecule has 1 aliphatic heterocycles. The summed E-state index contributed by atoms with van der Waals surface area (Å²) in [6.45, 7) is 1.79. The summed E-state index contributed by atoms with van der Waals surface area (Å²) in [6, 6.07) is 6.01. The van der Waals surface area contributed by atoms with Crippen LogP contribution in [0.15, 0.2) is 18.2 Å². The molecule has 1 amide bonds. The van der Waals surface area contributed by atoms with E-state index >= 15 is 0 Å². The number of carbonyl (C=O) groups excluding carboxylic acids is 1. The van der Waals surface area contributed by atoms with Gasteiger partial charge in [-0.15, -0.1) is 0 Å². The molecule has 2 aliphatic carbocycles. The van der Waals surface area contributed by atoms with Gasteiger partial charge in [0.05, 0.1) is 11.4 Å². The second-order valence-corrected chi connectivity index (χ2v) is 8.95. The van der Waals surface area contributed by atoms with Crippen molar-refractivity contribution in [1.29, 1.82) is 0 Å². The van der Waals surface area contributed by atoms with E-state index in [1.807, 2.05) is 12.1 Å². The van der Waals surface area contributed by atoms with Crippen LogP contribution in [0.4, 0.5) is 11.4 Å². The Morgan fingerprint density at radius 1 is 0.962 bits per heavy atom. The Labute approximate surface area is 162 Å². The van der Waals surface area contributed by atoms with Gasteiger partial charge < -0.3 is 9.80 Å². The molecule has 1 aromatic carbocycles. The molecule has 0 bridgehead atoms. The normalized spacial score (nSPS) is 22.1. The number of rotatable bonds is 3. The summed E-state index contributed by atoms with van der Waals surface area (Å²) >= 11 is 6.32. The topological polar surface area (TPSA) is 23.6 Å². The summed E-state index contributed by atoms with van der Waals surface area (Å²) in [4.78, 5) is 18.2. The maximum absolute atomic E-state index is 13.9. The number of amides is 1. The molecular formula is C22H31ClN2O. The number of halogens is 1. The van der Waals surface area contributed by atoms with Crippen LogP contribution in [0.2, 0.25) is 5.02 Å². The monoisotopic (exact) mass is 374 g/mol. The molecule has 3 nitrogen and oxygen atoms in total.